The maximum atomic E-state index is 6.48. The highest BCUT2D eigenvalue weighted by molar-refractivity contribution is 6.24. The smallest absolute Gasteiger partial charge is 0.240 e. The minimum atomic E-state index is 0.475. The van der Waals surface area contributed by atoms with Crippen molar-refractivity contribution in [2.24, 2.45) is 0 Å². The van der Waals surface area contributed by atoms with E-state index in [0.29, 0.717) is 64.7 Å². The standard InChI is InChI=1S/C48H33N7.C42H29N7.C36H22N6O/c1-4-14-34(15-5-1)45-50-46(35-16-6-2-7-17-35)52-48(51-45)53-33-32-49-47(53)36-24-26-38(27-25-36)54(37-18-8-3-9-19-37)39-28-30-40(31-29-39)55-43-22-12-10-20-41(43)42-21-11-13-23-44(42)55;1-4-14-30(15-5-1)39-44-40(31-16-6-2-7-17-31)46-41(45-39)47-29-28-43-42(47)48(32-18-8-3-9-19-32)33-24-26-34(27-25-33)49-37-22-12-10-20-35(37)36-21-11-13-23-38(36)49;1-3-11-23(12-4-1)33-38-34(24-13-5-2-6-14-24)40-35(39-33)41-22-21-37-36(41)42-28-17-9-7-16-27(28)31-29(42)20-19-26-25-15-8-10-18-30(25)43-32(26)31/h1-33H;1-29H;1-22H. The molecule has 10 aromatic heterocycles. The lowest BCUT2D eigenvalue weighted by molar-refractivity contribution is 0.673. The number of furan rings is 1. The monoisotopic (exact) mass is 1890 g/mol. The van der Waals surface area contributed by atoms with Gasteiger partial charge in [0, 0.05) is 154 Å². The average Bonchev–Trinajstić information content (AvgIpc) is 1.55. The van der Waals surface area contributed by atoms with E-state index in [0.717, 1.165) is 128 Å². The molecule has 0 amide bonds. The van der Waals surface area contributed by atoms with E-state index in [1.165, 1.54) is 43.6 Å². The van der Waals surface area contributed by atoms with Gasteiger partial charge in [-0.3, -0.25) is 23.2 Å². The van der Waals surface area contributed by atoms with E-state index in [1.54, 1.807) is 18.6 Å². The molecule has 28 aromatic rings. The Bertz CT molecular complexity index is 9380. The van der Waals surface area contributed by atoms with E-state index in [4.69, 9.17) is 64.2 Å². The van der Waals surface area contributed by atoms with E-state index < -0.39 is 0 Å². The Morgan fingerprint density at radius 1 is 0.197 bits per heavy atom. The fourth-order valence-corrected chi connectivity index (χ4v) is 19.7. The third-order valence-electron chi connectivity index (χ3n) is 26.5. The molecule has 18 aromatic carbocycles. The van der Waals surface area contributed by atoms with Gasteiger partial charge in [-0.05, 0) is 146 Å². The topological polar surface area (TPSA) is 204 Å². The summed E-state index contributed by atoms with van der Waals surface area (Å²) in [6.45, 7) is 0. The van der Waals surface area contributed by atoms with Crippen LogP contribution in [0.4, 0.5) is 34.4 Å². The summed E-state index contributed by atoms with van der Waals surface area (Å²) in [6.07, 6.45) is 11.0. The van der Waals surface area contributed by atoms with Gasteiger partial charge in [-0.25, -0.2) is 29.9 Å². The maximum Gasteiger partial charge on any atom is 0.240 e. The third-order valence-corrected chi connectivity index (χ3v) is 26.5. The SMILES string of the molecule is c1ccc(-c2nc(-c3ccccc3)nc(-n3ccnc3-c3ccc(N(c4ccccc4)c4ccc(-n5c6ccccc6c6ccccc65)cc4)cc3)n2)cc1.c1ccc(-c2nc(-c3ccccc3)nc(-n3ccnc3-n3c4ccccc4c4c5oc6ccccc6c5ccc43)n2)cc1.c1ccc(-c2nc(-c3ccccc3)nc(-n3ccnc3N(c3ccccc3)c3ccc(-n4c5ccccc5c5ccccc54)cc3)n2)cc1. The molecule has 0 fully saturated rings. The van der Waals surface area contributed by atoms with Gasteiger partial charge in [0.15, 0.2) is 34.9 Å². The first-order valence-electron chi connectivity index (χ1n) is 48.5. The summed E-state index contributed by atoms with van der Waals surface area (Å²) in [7, 11) is 0. The quantitative estimate of drug-likeness (QED) is 0.0738. The Labute approximate surface area is 842 Å². The van der Waals surface area contributed by atoms with Crippen molar-refractivity contribution in [1.82, 2.24) is 87.2 Å². The summed E-state index contributed by atoms with van der Waals surface area (Å²) < 4.78 is 19.1. The fraction of sp³-hybridized carbons (Fsp3) is 0. The lowest BCUT2D eigenvalue weighted by Gasteiger charge is -2.26. The fourth-order valence-electron chi connectivity index (χ4n) is 19.7. The molecule has 0 unspecified atom stereocenters. The summed E-state index contributed by atoms with van der Waals surface area (Å²) in [5, 5.41) is 9.29. The summed E-state index contributed by atoms with van der Waals surface area (Å²) in [5.74, 6) is 7.08. The number of aromatic nitrogens is 18. The van der Waals surface area contributed by atoms with Gasteiger partial charge in [0.05, 0.1) is 38.5 Å². The van der Waals surface area contributed by atoms with Crippen molar-refractivity contribution >= 4 is 122 Å². The molecule has 21 nitrogen and oxygen atoms in total. The first kappa shape index (κ1) is 86.7. The van der Waals surface area contributed by atoms with Crippen LogP contribution in [0.2, 0.25) is 0 Å². The van der Waals surface area contributed by atoms with Crippen LogP contribution in [0.15, 0.2) is 515 Å². The number of para-hydroxylation sites is 8. The van der Waals surface area contributed by atoms with E-state index in [9.17, 15) is 0 Å². The maximum absolute atomic E-state index is 6.48. The number of nitrogens with zero attached hydrogens (tertiary/aromatic N) is 20. The second-order valence-electron chi connectivity index (χ2n) is 35.3. The van der Waals surface area contributed by atoms with Crippen LogP contribution in [0.1, 0.15) is 0 Å². The highest BCUT2D eigenvalue weighted by Crippen LogP contribution is 2.45. The number of imidazole rings is 3. The van der Waals surface area contributed by atoms with Gasteiger partial charge >= 0.3 is 0 Å². The molecule has 0 N–H and O–H groups in total. The molecule has 0 radical (unpaired) electrons. The van der Waals surface area contributed by atoms with Gasteiger partial charge < -0.3 is 18.5 Å². The number of hydrogen-bond acceptors (Lipinski definition) is 15. The minimum absolute atomic E-state index is 0.475. The Kier molecular flexibility index (Phi) is 22.3. The Morgan fingerprint density at radius 2 is 0.503 bits per heavy atom. The summed E-state index contributed by atoms with van der Waals surface area (Å²) in [4.78, 5) is 63.2. The van der Waals surface area contributed by atoms with Gasteiger partial charge in [0.2, 0.25) is 29.7 Å². The van der Waals surface area contributed by atoms with E-state index in [1.807, 2.05) is 263 Å². The molecule has 0 atom stereocenters. The number of fused-ring (bicyclic) bond motifs is 13. The highest BCUT2D eigenvalue weighted by Gasteiger charge is 2.28. The van der Waals surface area contributed by atoms with Crippen LogP contribution in [-0.2, 0) is 0 Å². The normalized spacial score (nSPS) is 11.4. The van der Waals surface area contributed by atoms with E-state index in [-0.39, 0.29) is 0 Å². The molecular formula is C126H84N20O. The van der Waals surface area contributed by atoms with Crippen LogP contribution >= 0.6 is 0 Å². The molecule has 0 saturated heterocycles. The van der Waals surface area contributed by atoms with E-state index in [2.05, 4.69) is 266 Å². The molecule has 0 saturated carbocycles. The van der Waals surface area contributed by atoms with Crippen LogP contribution in [-0.4, -0.2) is 87.2 Å². The molecular weight excluding hydrogens is 1810 g/mol. The van der Waals surface area contributed by atoms with Gasteiger partial charge in [0.25, 0.3) is 0 Å². The first-order chi connectivity index (χ1) is 72.9. The predicted molar refractivity (Wildman–Crippen MR) is 589 cm³/mol. The van der Waals surface area contributed by atoms with Gasteiger partial charge in [-0.15, -0.1) is 0 Å². The Hall–Kier alpha value is -20.6. The van der Waals surface area contributed by atoms with Crippen molar-refractivity contribution in [1.29, 1.82) is 0 Å². The summed E-state index contributed by atoms with van der Waals surface area (Å²) in [6, 6.07) is 162. The van der Waals surface area contributed by atoms with Gasteiger partial charge in [0.1, 0.15) is 17.0 Å². The van der Waals surface area contributed by atoms with Crippen LogP contribution in [0.25, 0.3) is 202 Å². The lowest BCUT2D eigenvalue weighted by atomic mass is 10.1. The van der Waals surface area contributed by atoms with Crippen LogP contribution < -0.4 is 9.80 Å². The molecule has 10 heterocycles. The first-order valence-corrected chi connectivity index (χ1v) is 48.5. The molecule has 0 aliphatic rings. The molecule has 0 aliphatic heterocycles. The van der Waals surface area contributed by atoms with Crippen LogP contribution in [0.3, 0.4) is 0 Å². The number of hydrogen-bond donors (Lipinski definition) is 0. The molecule has 0 spiro atoms. The number of anilines is 6. The number of benzene rings is 18. The van der Waals surface area contributed by atoms with Crippen LogP contribution in [0, 0.1) is 0 Å². The average molecular weight is 1890 g/mol. The minimum Gasteiger partial charge on any atom is -0.455 e. The second kappa shape index (κ2) is 37.9. The highest BCUT2D eigenvalue weighted by atomic mass is 16.3. The van der Waals surface area contributed by atoms with E-state index >= 15 is 0 Å². The van der Waals surface area contributed by atoms with Gasteiger partial charge in [-0.1, -0.05) is 328 Å². The van der Waals surface area contributed by atoms with Crippen molar-refractivity contribution in [3.05, 3.63) is 510 Å². The van der Waals surface area contributed by atoms with Crippen molar-refractivity contribution in [3.63, 3.8) is 0 Å². The molecule has 694 valence electrons. The van der Waals surface area contributed by atoms with Crippen molar-refractivity contribution in [2.45, 2.75) is 0 Å². The summed E-state index contributed by atoms with van der Waals surface area (Å²) >= 11 is 0. The second-order valence-corrected chi connectivity index (χ2v) is 35.3. The molecule has 147 heavy (non-hydrogen) atoms. The third kappa shape index (κ3) is 16.3. The van der Waals surface area contributed by atoms with Gasteiger partial charge in [-0.2, -0.15) is 29.9 Å². The zero-order chi connectivity index (χ0) is 97.5. The van der Waals surface area contributed by atoms with Crippen molar-refractivity contribution in [3.8, 4) is 115 Å². The largest absolute Gasteiger partial charge is 0.455 e. The molecule has 21 heteroatoms. The Morgan fingerprint density at radius 3 is 0.925 bits per heavy atom. The number of rotatable bonds is 19. The predicted octanol–water partition coefficient (Wildman–Crippen LogP) is 30.0. The zero-order valence-corrected chi connectivity index (χ0v) is 78.8. The van der Waals surface area contributed by atoms with Crippen LogP contribution in [0.5, 0.6) is 0 Å². The molecule has 0 bridgehead atoms. The van der Waals surface area contributed by atoms with Crippen molar-refractivity contribution in [2.75, 3.05) is 9.80 Å². The van der Waals surface area contributed by atoms with Crippen molar-refractivity contribution < 1.29 is 4.42 Å². The lowest BCUT2D eigenvalue weighted by Crippen LogP contribution is -2.17. The molecule has 0 aliphatic carbocycles. The zero-order valence-electron chi connectivity index (χ0n) is 78.8. The Balaban J connectivity index is 0.000000113. The molecule has 28 rings (SSSR count). The summed E-state index contributed by atoms with van der Waals surface area (Å²) in [5.41, 5.74) is 22.1.